The Morgan fingerprint density at radius 2 is 2.69 bits per heavy atom. The topological polar surface area (TPSA) is 84.3 Å². The molecule has 0 fully saturated rings. The largest absolute Gasteiger partial charge is 0.467 e. The minimum atomic E-state index is -0.780. The van der Waals surface area contributed by atoms with Crippen molar-refractivity contribution in [2.75, 3.05) is 19.0 Å². The summed E-state index contributed by atoms with van der Waals surface area (Å²) in [6, 6.07) is -0.780. The average molecular weight is 203 g/mol. The molecule has 1 heterocycles. The van der Waals surface area contributed by atoms with E-state index in [2.05, 4.69) is 19.4 Å². The normalized spacial score (nSPS) is 12.2. The van der Waals surface area contributed by atoms with E-state index in [1.165, 1.54) is 13.4 Å². The van der Waals surface area contributed by atoms with E-state index in [4.69, 9.17) is 5.11 Å². The first-order chi connectivity index (χ1) is 6.27. The molecule has 0 aliphatic heterocycles. The van der Waals surface area contributed by atoms with Crippen LogP contribution in [0.3, 0.4) is 0 Å². The molecule has 0 aliphatic carbocycles. The van der Waals surface area contributed by atoms with Crippen LogP contribution in [0.4, 0.5) is 5.13 Å². The van der Waals surface area contributed by atoms with E-state index in [9.17, 15) is 4.79 Å². The maximum Gasteiger partial charge on any atom is 0.330 e. The highest BCUT2D eigenvalue weighted by atomic mass is 32.1. The molecule has 0 saturated heterocycles. The summed E-state index contributed by atoms with van der Waals surface area (Å²) in [4.78, 5) is 14.8. The van der Waals surface area contributed by atoms with Crippen LogP contribution in [0.1, 0.15) is 0 Å². The van der Waals surface area contributed by atoms with Gasteiger partial charge in [-0.3, -0.25) is 0 Å². The van der Waals surface area contributed by atoms with Crippen molar-refractivity contribution in [2.45, 2.75) is 6.04 Å². The second-order valence-electron chi connectivity index (χ2n) is 2.15. The molecule has 0 amide bonds. The van der Waals surface area contributed by atoms with E-state index in [0.717, 1.165) is 11.5 Å². The molecule has 1 unspecified atom stereocenters. The van der Waals surface area contributed by atoms with Crippen LogP contribution in [-0.2, 0) is 9.53 Å². The van der Waals surface area contributed by atoms with Crippen LogP contribution in [-0.4, -0.2) is 40.2 Å². The van der Waals surface area contributed by atoms with E-state index >= 15 is 0 Å². The zero-order chi connectivity index (χ0) is 9.68. The molecular weight excluding hydrogens is 194 g/mol. The van der Waals surface area contributed by atoms with Gasteiger partial charge in [-0.2, -0.15) is 4.37 Å². The molecule has 7 heteroatoms. The average Bonchev–Trinajstić information content (AvgIpc) is 2.65. The lowest BCUT2D eigenvalue weighted by Gasteiger charge is -2.11. The van der Waals surface area contributed by atoms with E-state index in [0.29, 0.717) is 5.13 Å². The molecule has 0 saturated carbocycles. The Balaban J connectivity index is 2.54. The molecule has 1 rings (SSSR count). The van der Waals surface area contributed by atoms with E-state index < -0.39 is 12.0 Å². The fourth-order valence-corrected chi connectivity index (χ4v) is 1.19. The number of esters is 1. The molecular formula is C6H9N3O3S. The van der Waals surface area contributed by atoms with Gasteiger partial charge >= 0.3 is 5.97 Å². The fraction of sp³-hybridized carbons (Fsp3) is 0.500. The van der Waals surface area contributed by atoms with Crippen LogP contribution in [0.15, 0.2) is 6.33 Å². The van der Waals surface area contributed by atoms with Crippen LogP contribution in [0.25, 0.3) is 0 Å². The molecule has 13 heavy (non-hydrogen) atoms. The number of aliphatic hydroxyl groups is 1. The maximum absolute atomic E-state index is 11.0. The molecule has 0 aromatic carbocycles. The zero-order valence-corrected chi connectivity index (χ0v) is 7.74. The number of ether oxygens (including phenoxy) is 1. The Kier molecular flexibility index (Phi) is 3.59. The summed E-state index contributed by atoms with van der Waals surface area (Å²) in [5, 5.41) is 12.0. The van der Waals surface area contributed by atoms with Crippen LogP contribution >= 0.6 is 11.5 Å². The quantitative estimate of drug-likeness (QED) is 0.641. The summed E-state index contributed by atoms with van der Waals surface area (Å²) in [6.45, 7) is -0.341. The standard InChI is InChI=1S/C6H9N3O3S/c1-12-5(11)4(2-10)9-6-7-3-8-13-6/h3-4,10H,2H2,1H3,(H,7,8,9). The summed E-state index contributed by atoms with van der Waals surface area (Å²) in [5.41, 5.74) is 0. The summed E-state index contributed by atoms with van der Waals surface area (Å²) in [7, 11) is 1.26. The molecule has 2 N–H and O–H groups in total. The highest BCUT2D eigenvalue weighted by Gasteiger charge is 2.18. The first-order valence-electron chi connectivity index (χ1n) is 3.50. The van der Waals surface area contributed by atoms with E-state index in [-0.39, 0.29) is 6.61 Å². The van der Waals surface area contributed by atoms with Crippen molar-refractivity contribution in [3.8, 4) is 0 Å². The number of hydrogen-bond acceptors (Lipinski definition) is 7. The third-order valence-electron chi connectivity index (χ3n) is 1.33. The minimum absolute atomic E-state index is 0.341. The number of hydrogen-bond donors (Lipinski definition) is 2. The Labute approximate surface area is 78.7 Å². The molecule has 72 valence electrons. The number of aliphatic hydroxyl groups excluding tert-OH is 1. The van der Waals surface area contributed by atoms with Crippen molar-refractivity contribution >= 4 is 22.6 Å². The number of carbonyl (C=O) groups excluding carboxylic acids is 1. The molecule has 1 aromatic rings. The highest BCUT2D eigenvalue weighted by molar-refractivity contribution is 7.09. The minimum Gasteiger partial charge on any atom is -0.467 e. The van der Waals surface area contributed by atoms with Gasteiger partial charge in [0.2, 0.25) is 5.13 Å². The number of nitrogens with one attached hydrogen (secondary N) is 1. The molecule has 0 spiro atoms. The first-order valence-corrected chi connectivity index (χ1v) is 4.27. The third-order valence-corrected chi connectivity index (χ3v) is 1.92. The Hall–Kier alpha value is -1.21. The third kappa shape index (κ3) is 2.63. The summed E-state index contributed by atoms with van der Waals surface area (Å²) in [6.07, 6.45) is 1.36. The van der Waals surface area contributed by atoms with Gasteiger partial charge in [-0.15, -0.1) is 0 Å². The van der Waals surface area contributed by atoms with Crippen LogP contribution in [0, 0.1) is 0 Å². The van der Waals surface area contributed by atoms with Gasteiger partial charge in [0.25, 0.3) is 0 Å². The van der Waals surface area contributed by atoms with Gasteiger partial charge in [-0.25, -0.2) is 9.78 Å². The molecule has 0 aliphatic rings. The van der Waals surface area contributed by atoms with Crippen molar-refractivity contribution in [2.24, 2.45) is 0 Å². The molecule has 1 aromatic heterocycles. The summed E-state index contributed by atoms with van der Waals surface area (Å²) < 4.78 is 8.18. The van der Waals surface area contributed by atoms with Gasteiger partial charge in [0, 0.05) is 11.5 Å². The monoisotopic (exact) mass is 203 g/mol. The maximum atomic E-state index is 11.0. The number of anilines is 1. The summed E-state index contributed by atoms with van der Waals surface area (Å²) in [5.74, 6) is -0.530. The van der Waals surface area contributed by atoms with Gasteiger partial charge in [0.15, 0.2) is 0 Å². The number of rotatable bonds is 4. The van der Waals surface area contributed by atoms with Crippen molar-refractivity contribution in [3.05, 3.63) is 6.33 Å². The van der Waals surface area contributed by atoms with Gasteiger partial charge in [0.1, 0.15) is 12.4 Å². The lowest BCUT2D eigenvalue weighted by Crippen LogP contribution is -2.33. The number of aromatic nitrogens is 2. The Bertz CT molecular complexity index is 264. The van der Waals surface area contributed by atoms with Gasteiger partial charge in [-0.1, -0.05) is 0 Å². The number of nitrogens with zero attached hydrogens (tertiary/aromatic N) is 2. The van der Waals surface area contributed by atoms with Crippen LogP contribution in [0.2, 0.25) is 0 Å². The van der Waals surface area contributed by atoms with Crippen molar-refractivity contribution in [3.63, 3.8) is 0 Å². The van der Waals surface area contributed by atoms with Gasteiger partial charge in [0.05, 0.1) is 13.7 Å². The Morgan fingerprint density at radius 1 is 1.92 bits per heavy atom. The van der Waals surface area contributed by atoms with E-state index in [1.807, 2.05) is 0 Å². The van der Waals surface area contributed by atoms with Gasteiger partial charge < -0.3 is 15.2 Å². The smallest absolute Gasteiger partial charge is 0.330 e. The van der Waals surface area contributed by atoms with Crippen molar-refractivity contribution in [1.29, 1.82) is 0 Å². The number of methoxy groups -OCH3 is 1. The molecule has 0 radical (unpaired) electrons. The lowest BCUT2D eigenvalue weighted by atomic mass is 10.3. The fourth-order valence-electron chi connectivity index (χ4n) is 0.707. The SMILES string of the molecule is COC(=O)C(CO)Nc1ncns1. The first kappa shape index (κ1) is 9.87. The van der Waals surface area contributed by atoms with Gasteiger partial charge in [-0.05, 0) is 0 Å². The molecule has 1 atom stereocenters. The molecule has 0 bridgehead atoms. The predicted octanol–water partition coefficient (Wildman–Crippen LogP) is -0.516. The predicted molar refractivity (Wildman–Crippen MR) is 46.4 cm³/mol. The Morgan fingerprint density at radius 3 is 3.15 bits per heavy atom. The van der Waals surface area contributed by atoms with Crippen LogP contribution in [0.5, 0.6) is 0 Å². The highest BCUT2D eigenvalue weighted by Crippen LogP contribution is 2.08. The van der Waals surface area contributed by atoms with Crippen LogP contribution < -0.4 is 5.32 Å². The van der Waals surface area contributed by atoms with E-state index in [1.54, 1.807) is 0 Å². The zero-order valence-electron chi connectivity index (χ0n) is 6.93. The second kappa shape index (κ2) is 4.73. The lowest BCUT2D eigenvalue weighted by molar-refractivity contribution is -0.142. The van der Waals surface area contributed by atoms with Crippen molar-refractivity contribution in [1.82, 2.24) is 9.36 Å². The molecule has 6 nitrogen and oxygen atoms in total. The number of carbonyl (C=O) groups is 1. The van der Waals surface area contributed by atoms with Crippen molar-refractivity contribution < 1.29 is 14.6 Å². The summed E-state index contributed by atoms with van der Waals surface area (Å²) >= 11 is 1.10. The second-order valence-corrected chi connectivity index (χ2v) is 2.93.